The molecule has 0 fully saturated rings. The molecule has 0 spiro atoms. The summed E-state index contributed by atoms with van der Waals surface area (Å²) < 4.78 is 17.5. The fraction of sp³-hybridized carbons (Fsp3) is 0.118. The first kappa shape index (κ1) is 18.3. The number of carbonyl (C=O) groups is 3. The quantitative estimate of drug-likeness (QED) is 0.584. The van der Waals surface area contributed by atoms with Crippen LogP contribution in [0.5, 0.6) is 0 Å². The molecule has 0 radical (unpaired) electrons. The Balaban J connectivity index is 1.65. The zero-order valence-corrected chi connectivity index (χ0v) is 13.8. The molecule has 0 bridgehead atoms. The summed E-state index contributed by atoms with van der Waals surface area (Å²) in [6.07, 6.45) is 2.80. The first-order valence-electron chi connectivity index (χ1n) is 7.22. The number of thiophene rings is 1. The molecular formula is C17H15FN2O4S. The Hall–Kier alpha value is -3.00. The van der Waals surface area contributed by atoms with E-state index in [1.54, 1.807) is 6.08 Å². The largest absolute Gasteiger partial charge is 0.452 e. The van der Waals surface area contributed by atoms with Crippen molar-refractivity contribution in [2.75, 3.05) is 18.5 Å². The van der Waals surface area contributed by atoms with Crippen molar-refractivity contribution < 1.29 is 23.5 Å². The fourth-order valence-electron chi connectivity index (χ4n) is 1.69. The Morgan fingerprint density at radius 3 is 2.56 bits per heavy atom. The van der Waals surface area contributed by atoms with Crippen LogP contribution in [0.3, 0.4) is 0 Å². The molecule has 1 heterocycles. The smallest absolute Gasteiger partial charge is 0.331 e. The molecule has 0 aliphatic carbocycles. The summed E-state index contributed by atoms with van der Waals surface area (Å²) >= 11 is 1.50. The van der Waals surface area contributed by atoms with E-state index < -0.39 is 30.2 Å². The topological polar surface area (TPSA) is 84.5 Å². The number of hydrogen-bond donors (Lipinski definition) is 2. The summed E-state index contributed by atoms with van der Waals surface area (Å²) in [5, 5.41) is 8.53. The molecule has 1 aromatic carbocycles. The maximum atomic E-state index is 12.7. The Bertz CT molecular complexity index is 757. The van der Waals surface area contributed by atoms with E-state index in [4.69, 9.17) is 4.74 Å². The van der Waals surface area contributed by atoms with Crippen molar-refractivity contribution in [1.29, 1.82) is 0 Å². The van der Waals surface area contributed by atoms with Crippen LogP contribution in [0, 0.1) is 5.82 Å². The molecule has 1 aromatic heterocycles. The number of halogens is 1. The van der Waals surface area contributed by atoms with Gasteiger partial charge >= 0.3 is 5.97 Å². The third-order valence-corrected chi connectivity index (χ3v) is 3.58. The van der Waals surface area contributed by atoms with Crippen LogP contribution in [-0.2, 0) is 19.1 Å². The van der Waals surface area contributed by atoms with Gasteiger partial charge in [-0.25, -0.2) is 9.18 Å². The van der Waals surface area contributed by atoms with Gasteiger partial charge in [0.2, 0.25) is 5.91 Å². The SMILES string of the molecule is O=C(COC(=O)/C=C/c1ccsc1)NCC(=O)Nc1ccc(F)cc1. The van der Waals surface area contributed by atoms with Crippen LogP contribution in [-0.4, -0.2) is 30.9 Å². The first-order valence-corrected chi connectivity index (χ1v) is 8.16. The van der Waals surface area contributed by atoms with Crippen LogP contribution in [0.15, 0.2) is 47.2 Å². The predicted molar refractivity (Wildman–Crippen MR) is 92.4 cm³/mol. The Morgan fingerprint density at radius 1 is 1.12 bits per heavy atom. The number of ether oxygens (including phenoxy) is 1. The maximum Gasteiger partial charge on any atom is 0.331 e. The standard InChI is InChI=1S/C17H15FN2O4S/c18-13-2-4-14(5-3-13)20-15(21)9-19-16(22)10-24-17(23)6-1-12-7-8-25-11-12/h1-8,11H,9-10H2,(H,19,22)(H,20,21)/b6-1+. The number of esters is 1. The molecule has 0 unspecified atom stereocenters. The summed E-state index contributed by atoms with van der Waals surface area (Å²) in [5.41, 5.74) is 1.27. The van der Waals surface area contributed by atoms with E-state index in [9.17, 15) is 18.8 Å². The van der Waals surface area contributed by atoms with Gasteiger partial charge in [-0.15, -0.1) is 0 Å². The van der Waals surface area contributed by atoms with Gasteiger partial charge in [0.05, 0.1) is 6.54 Å². The fourth-order valence-corrected chi connectivity index (χ4v) is 2.32. The van der Waals surface area contributed by atoms with Crippen LogP contribution in [0.2, 0.25) is 0 Å². The number of nitrogens with one attached hydrogen (secondary N) is 2. The summed E-state index contributed by atoms with van der Waals surface area (Å²) in [7, 11) is 0. The van der Waals surface area contributed by atoms with E-state index in [2.05, 4.69) is 10.6 Å². The molecule has 2 aromatic rings. The summed E-state index contributed by atoms with van der Waals surface area (Å²) in [5.74, 6) is -2.16. The van der Waals surface area contributed by atoms with Crippen LogP contribution in [0.4, 0.5) is 10.1 Å². The van der Waals surface area contributed by atoms with Crippen molar-refractivity contribution in [3.63, 3.8) is 0 Å². The van der Waals surface area contributed by atoms with E-state index in [1.165, 1.54) is 41.7 Å². The minimum atomic E-state index is -0.655. The molecular weight excluding hydrogens is 347 g/mol. The molecule has 0 saturated heterocycles. The zero-order chi connectivity index (χ0) is 18.1. The molecule has 0 saturated carbocycles. The highest BCUT2D eigenvalue weighted by atomic mass is 32.1. The third-order valence-electron chi connectivity index (χ3n) is 2.87. The lowest BCUT2D eigenvalue weighted by Gasteiger charge is -2.07. The van der Waals surface area contributed by atoms with Crippen LogP contribution < -0.4 is 10.6 Å². The Labute approximate surface area is 147 Å². The van der Waals surface area contributed by atoms with Gasteiger partial charge in [0.15, 0.2) is 6.61 Å². The third kappa shape index (κ3) is 6.96. The first-order chi connectivity index (χ1) is 12.0. The normalized spacial score (nSPS) is 10.4. The number of hydrogen-bond acceptors (Lipinski definition) is 5. The van der Waals surface area contributed by atoms with Crippen molar-refractivity contribution in [1.82, 2.24) is 5.32 Å². The van der Waals surface area contributed by atoms with Gasteiger partial charge in [-0.3, -0.25) is 9.59 Å². The molecule has 0 aliphatic heterocycles. The maximum absolute atomic E-state index is 12.7. The Kier molecular flexibility index (Phi) is 6.85. The molecule has 8 heteroatoms. The molecule has 130 valence electrons. The molecule has 2 rings (SSSR count). The zero-order valence-electron chi connectivity index (χ0n) is 13.0. The van der Waals surface area contributed by atoms with E-state index in [1.807, 2.05) is 16.8 Å². The summed E-state index contributed by atoms with van der Waals surface area (Å²) in [6.45, 7) is -0.783. The van der Waals surface area contributed by atoms with Crippen molar-refractivity contribution >= 4 is 40.9 Å². The number of amides is 2. The van der Waals surface area contributed by atoms with Gasteiger partial charge in [-0.05, 0) is 52.7 Å². The van der Waals surface area contributed by atoms with Gasteiger partial charge in [0.1, 0.15) is 5.82 Å². The van der Waals surface area contributed by atoms with Crippen molar-refractivity contribution in [3.8, 4) is 0 Å². The monoisotopic (exact) mass is 362 g/mol. The number of benzene rings is 1. The number of anilines is 1. The number of rotatable bonds is 7. The Morgan fingerprint density at radius 2 is 1.88 bits per heavy atom. The summed E-state index contributed by atoms with van der Waals surface area (Å²) in [4.78, 5) is 34.6. The molecule has 6 nitrogen and oxygen atoms in total. The van der Waals surface area contributed by atoms with Gasteiger partial charge in [0.25, 0.3) is 5.91 Å². The van der Waals surface area contributed by atoms with Crippen molar-refractivity contribution in [2.24, 2.45) is 0 Å². The lowest BCUT2D eigenvalue weighted by atomic mass is 10.3. The molecule has 0 aliphatic rings. The van der Waals surface area contributed by atoms with Crippen LogP contribution >= 0.6 is 11.3 Å². The molecule has 25 heavy (non-hydrogen) atoms. The molecule has 0 atom stereocenters. The predicted octanol–water partition coefficient (Wildman–Crippen LogP) is 2.20. The average molecular weight is 362 g/mol. The molecule has 2 amide bonds. The van der Waals surface area contributed by atoms with E-state index in [-0.39, 0.29) is 6.54 Å². The lowest BCUT2D eigenvalue weighted by molar-refractivity contribution is -0.143. The molecule has 2 N–H and O–H groups in total. The highest BCUT2D eigenvalue weighted by Crippen LogP contribution is 2.08. The second-order valence-corrected chi connectivity index (χ2v) is 5.61. The van der Waals surface area contributed by atoms with E-state index >= 15 is 0 Å². The van der Waals surface area contributed by atoms with E-state index in [0.29, 0.717) is 5.69 Å². The van der Waals surface area contributed by atoms with Gasteiger partial charge in [0, 0.05) is 11.8 Å². The number of carbonyl (C=O) groups excluding carboxylic acids is 3. The van der Waals surface area contributed by atoms with Crippen molar-refractivity contribution in [2.45, 2.75) is 0 Å². The summed E-state index contributed by atoms with van der Waals surface area (Å²) in [6, 6.07) is 7.04. The van der Waals surface area contributed by atoms with Crippen LogP contribution in [0.25, 0.3) is 6.08 Å². The van der Waals surface area contributed by atoms with E-state index in [0.717, 1.165) is 5.56 Å². The lowest BCUT2D eigenvalue weighted by Crippen LogP contribution is -2.35. The second-order valence-electron chi connectivity index (χ2n) is 4.83. The van der Waals surface area contributed by atoms with Gasteiger partial charge in [-0.2, -0.15) is 11.3 Å². The average Bonchev–Trinajstić information content (AvgIpc) is 3.12. The van der Waals surface area contributed by atoms with Gasteiger partial charge in [-0.1, -0.05) is 0 Å². The minimum absolute atomic E-state index is 0.293. The van der Waals surface area contributed by atoms with Crippen molar-refractivity contribution in [3.05, 3.63) is 58.5 Å². The highest BCUT2D eigenvalue weighted by molar-refractivity contribution is 7.08. The highest BCUT2D eigenvalue weighted by Gasteiger charge is 2.08. The second kappa shape index (κ2) is 9.33. The minimum Gasteiger partial charge on any atom is -0.452 e. The van der Waals surface area contributed by atoms with Crippen LogP contribution in [0.1, 0.15) is 5.56 Å². The van der Waals surface area contributed by atoms with Gasteiger partial charge < -0.3 is 15.4 Å².